The number of nitriles is 1. The van der Waals surface area contributed by atoms with Crippen molar-refractivity contribution in [1.29, 1.82) is 5.26 Å². The van der Waals surface area contributed by atoms with E-state index in [1.807, 2.05) is 6.92 Å². The minimum Gasteiger partial charge on any atom is -0.375 e. The van der Waals surface area contributed by atoms with Crippen LogP contribution in [0.25, 0.3) is 0 Å². The Kier molecular flexibility index (Phi) is 5.48. The van der Waals surface area contributed by atoms with Crippen molar-refractivity contribution in [1.82, 2.24) is 5.32 Å². The molecule has 1 aromatic carbocycles. The molecule has 0 unspecified atom stereocenters. The topological polar surface area (TPSA) is 45.0 Å². The molecule has 0 spiro atoms. The summed E-state index contributed by atoms with van der Waals surface area (Å²) in [7, 11) is 0. The number of benzene rings is 1. The van der Waals surface area contributed by atoms with Crippen molar-refractivity contribution in [2.24, 2.45) is 0 Å². The summed E-state index contributed by atoms with van der Waals surface area (Å²) in [5.41, 5.74) is 0.877. The molecule has 0 bridgehead atoms. The van der Waals surface area contributed by atoms with Crippen LogP contribution in [0.3, 0.4) is 0 Å². The highest BCUT2D eigenvalue weighted by Crippen LogP contribution is 2.10. The van der Waals surface area contributed by atoms with E-state index in [0.717, 1.165) is 18.7 Å². The standard InChI is InChI=1S/C12H15FN2O/c1-2-15-5-6-16-9-10-3-4-12(13)11(7-10)8-14/h3-4,7,15H,2,5-6,9H2,1H3. The number of hydrogen-bond acceptors (Lipinski definition) is 3. The summed E-state index contributed by atoms with van der Waals surface area (Å²) >= 11 is 0. The van der Waals surface area contributed by atoms with E-state index >= 15 is 0 Å². The molecule has 0 fully saturated rings. The molecule has 0 heterocycles. The van der Waals surface area contributed by atoms with Gasteiger partial charge in [-0.15, -0.1) is 0 Å². The fraction of sp³-hybridized carbons (Fsp3) is 0.417. The molecule has 4 heteroatoms. The molecule has 0 saturated heterocycles. The van der Waals surface area contributed by atoms with Gasteiger partial charge in [0.15, 0.2) is 0 Å². The molecule has 0 amide bonds. The number of nitrogens with one attached hydrogen (secondary N) is 1. The Labute approximate surface area is 94.8 Å². The van der Waals surface area contributed by atoms with Crippen LogP contribution in [0.4, 0.5) is 4.39 Å². The number of ether oxygens (including phenoxy) is 1. The van der Waals surface area contributed by atoms with E-state index < -0.39 is 5.82 Å². The lowest BCUT2D eigenvalue weighted by atomic mass is 10.1. The van der Waals surface area contributed by atoms with Crippen LogP contribution < -0.4 is 5.32 Å². The number of rotatable bonds is 6. The smallest absolute Gasteiger partial charge is 0.140 e. The Balaban J connectivity index is 2.40. The van der Waals surface area contributed by atoms with Gasteiger partial charge in [-0.1, -0.05) is 13.0 Å². The van der Waals surface area contributed by atoms with Crippen LogP contribution in [0.1, 0.15) is 18.1 Å². The van der Waals surface area contributed by atoms with Gasteiger partial charge in [-0.05, 0) is 24.2 Å². The normalized spacial score (nSPS) is 10.1. The fourth-order valence-corrected chi connectivity index (χ4v) is 1.26. The predicted molar refractivity (Wildman–Crippen MR) is 59.3 cm³/mol. The highest BCUT2D eigenvalue weighted by Gasteiger charge is 2.02. The van der Waals surface area contributed by atoms with Crippen molar-refractivity contribution < 1.29 is 9.13 Å². The van der Waals surface area contributed by atoms with E-state index in [1.165, 1.54) is 12.1 Å². The van der Waals surface area contributed by atoms with Crippen LogP contribution in [0.2, 0.25) is 0 Å². The summed E-state index contributed by atoms with van der Waals surface area (Å²) in [4.78, 5) is 0. The third-order valence-electron chi connectivity index (χ3n) is 2.09. The summed E-state index contributed by atoms with van der Waals surface area (Å²) in [5.74, 6) is -0.487. The monoisotopic (exact) mass is 222 g/mol. The number of nitrogens with zero attached hydrogens (tertiary/aromatic N) is 1. The van der Waals surface area contributed by atoms with E-state index in [0.29, 0.717) is 13.2 Å². The lowest BCUT2D eigenvalue weighted by Crippen LogP contribution is -2.18. The second-order valence-electron chi connectivity index (χ2n) is 3.33. The van der Waals surface area contributed by atoms with Crippen LogP contribution in [-0.2, 0) is 11.3 Å². The van der Waals surface area contributed by atoms with Gasteiger partial charge in [-0.25, -0.2) is 4.39 Å². The van der Waals surface area contributed by atoms with Crippen LogP contribution in [0, 0.1) is 17.1 Å². The third-order valence-corrected chi connectivity index (χ3v) is 2.09. The Morgan fingerprint density at radius 1 is 1.50 bits per heavy atom. The Morgan fingerprint density at radius 3 is 3.00 bits per heavy atom. The molecular formula is C12H15FN2O. The second-order valence-corrected chi connectivity index (χ2v) is 3.33. The van der Waals surface area contributed by atoms with Gasteiger partial charge < -0.3 is 10.1 Å². The maximum Gasteiger partial charge on any atom is 0.140 e. The highest BCUT2D eigenvalue weighted by atomic mass is 19.1. The molecule has 1 N–H and O–H groups in total. The van der Waals surface area contributed by atoms with Crippen molar-refractivity contribution in [2.75, 3.05) is 19.7 Å². The van der Waals surface area contributed by atoms with Crippen molar-refractivity contribution in [3.8, 4) is 6.07 Å². The van der Waals surface area contributed by atoms with E-state index in [-0.39, 0.29) is 5.56 Å². The summed E-state index contributed by atoms with van der Waals surface area (Å²) in [6.45, 7) is 4.74. The SMILES string of the molecule is CCNCCOCc1ccc(F)c(C#N)c1. The molecule has 0 aromatic heterocycles. The zero-order valence-electron chi connectivity index (χ0n) is 9.29. The fourth-order valence-electron chi connectivity index (χ4n) is 1.26. The molecule has 0 aliphatic heterocycles. The van der Waals surface area contributed by atoms with E-state index in [4.69, 9.17) is 10.00 Å². The Hall–Kier alpha value is -1.44. The molecule has 3 nitrogen and oxygen atoms in total. The van der Waals surface area contributed by atoms with Gasteiger partial charge in [0, 0.05) is 6.54 Å². The quantitative estimate of drug-likeness (QED) is 0.747. The summed E-state index contributed by atoms with van der Waals surface area (Å²) in [6.07, 6.45) is 0. The van der Waals surface area contributed by atoms with Crippen LogP contribution in [0.15, 0.2) is 18.2 Å². The highest BCUT2D eigenvalue weighted by molar-refractivity contribution is 5.34. The zero-order valence-corrected chi connectivity index (χ0v) is 9.29. The van der Waals surface area contributed by atoms with Crippen LogP contribution in [0.5, 0.6) is 0 Å². The van der Waals surface area contributed by atoms with Crippen molar-refractivity contribution in [3.63, 3.8) is 0 Å². The largest absolute Gasteiger partial charge is 0.375 e. The lowest BCUT2D eigenvalue weighted by molar-refractivity contribution is 0.123. The van der Waals surface area contributed by atoms with Crippen molar-refractivity contribution in [3.05, 3.63) is 35.1 Å². The third kappa shape index (κ3) is 3.97. The maximum atomic E-state index is 13.0. The van der Waals surface area contributed by atoms with Crippen molar-refractivity contribution >= 4 is 0 Å². The molecule has 1 rings (SSSR count). The molecule has 0 radical (unpaired) electrons. The first-order valence-electron chi connectivity index (χ1n) is 5.25. The Bertz CT molecular complexity index is 374. The average molecular weight is 222 g/mol. The molecule has 0 aliphatic carbocycles. The minimum absolute atomic E-state index is 0.0628. The maximum absolute atomic E-state index is 13.0. The minimum atomic E-state index is -0.487. The summed E-state index contributed by atoms with van der Waals surface area (Å²) in [6, 6.07) is 6.24. The molecule has 86 valence electrons. The molecule has 1 aromatic rings. The molecule has 0 atom stereocenters. The lowest BCUT2D eigenvalue weighted by Gasteiger charge is -2.05. The van der Waals surface area contributed by atoms with Gasteiger partial charge in [0.1, 0.15) is 11.9 Å². The predicted octanol–water partition coefficient (Wildman–Crippen LogP) is 1.82. The van der Waals surface area contributed by atoms with Crippen LogP contribution >= 0.6 is 0 Å². The average Bonchev–Trinajstić information content (AvgIpc) is 2.31. The van der Waals surface area contributed by atoms with Gasteiger partial charge >= 0.3 is 0 Å². The summed E-state index contributed by atoms with van der Waals surface area (Å²) < 4.78 is 18.4. The van der Waals surface area contributed by atoms with Crippen molar-refractivity contribution in [2.45, 2.75) is 13.5 Å². The van der Waals surface area contributed by atoms with Gasteiger partial charge in [0.2, 0.25) is 0 Å². The first kappa shape index (κ1) is 12.6. The number of likely N-dealkylation sites (N-methyl/N-ethyl adjacent to an activating group) is 1. The molecule has 0 saturated carbocycles. The van der Waals surface area contributed by atoms with Gasteiger partial charge in [-0.2, -0.15) is 5.26 Å². The molecular weight excluding hydrogens is 207 g/mol. The zero-order chi connectivity index (χ0) is 11.8. The van der Waals surface area contributed by atoms with Gasteiger partial charge in [0.25, 0.3) is 0 Å². The number of hydrogen-bond donors (Lipinski definition) is 1. The van der Waals surface area contributed by atoms with Gasteiger partial charge in [0.05, 0.1) is 18.8 Å². The number of halogens is 1. The Morgan fingerprint density at radius 2 is 2.31 bits per heavy atom. The van der Waals surface area contributed by atoms with Gasteiger partial charge in [-0.3, -0.25) is 0 Å². The summed E-state index contributed by atoms with van der Waals surface area (Å²) in [5, 5.41) is 11.8. The van der Waals surface area contributed by atoms with E-state index in [2.05, 4.69) is 5.32 Å². The first-order valence-corrected chi connectivity index (χ1v) is 5.25. The molecule has 16 heavy (non-hydrogen) atoms. The van der Waals surface area contributed by atoms with E-state index in [1.54, 1.807) is 12.1 Å². The molecule has 0 aliphatic rings. The second kappa shape index (κ2) is 6.94. The van der Waals surface area contributed by atoms with Crippen LogP contribution in [-0.4, -0.2) is 19.7 Å². The van der Waals surface area contributed by atoms with E-state index in [9.17, 15) is 4.39 Å². The first-order chi connectivity index (χ1) is 7.77.